The van der Waals surface area contributed by atoms with Crippen molar-refractivity contribution in [3.05, 3.63) is 29.6 Å². The van der Waals surface area contributed by atoms with Gasteiger partial charge in [0.2, 0.25) is 0 Å². The van der Waals surface area contributed by atoms with Gasteiger partial charge in [-0.25, -0.2) is 8.42 Å². The third-order valence-electron chi connectivity index (χ3n) is 6.15. The Balaban J connectivity index is 1.37. The second kappa shape index (κ2) is 6.07. The van der Waals surface area contributed by atoms with Crippen LogP contribution in [0.15, 0.2) is 18.2 Å². The largest absolute Gasteiger partial charge is 0.375 e. The molecule has 0 aromatic carbocycles. The first-order chi connectivity index (χ1) is 11.5. The minimum atomic E-state index is -2.99. The minimum absolute atomic E-state index is 0.128. The van der Waals surface area contributed by atoms with Gasteiger partial charge in [-0.15, -0.1) is 0 Å². The van der Waals surface area contributed by atoms with Crippen molar-refractivity contribution in [3.63, 3.8) is 0 Å². The van der Waals surface area contributed by atoms with E-state index in [9.17, 15) is 8.42 Å². The van der Waals surface area contributed by atoms with Crippen LogP contribution in [0.2, 0.25) is 0 Å². The fourth-order valence-corrected chi connectivity index (χ4v) is 6.76. The van der Waals surface area contributed by atoms with Gasteiger partial charge in [-0.05, 0) is 38.3 Å². The topological polar surface area (TPSA) is 59.5 Å². The van der Waals surface area contributed by atoms with E-state index >= 15 is 0 Å². The van der Waals surface area contributed by atoms with Crippen LogP contribution in [0, 0.1) is 12.8 Å². The van der Waals surface area contributed by atoms with E-state index in [1.807, 2.05) is 25.1 Å². The van der Waals surface area contributed by atoms with Gasteiger partial charge in [0.15, 0.2) is 9.84 Å². The third kappa shape index (κ3) is 2.68. The van der Waals surface area contributed by atoms with Crippen molar-refractivity contribution in [1.82, 2.24) is 9.88 Å². The smallest absolute Gasteiger partial charge is 0.158 e. The zero-order valence-electron chi connectivity index (χ0n) is 14.3. The summed E-state index contributed by atoms with van der Waals surface area (Å²) in [4.78, 5) is 6.82. The van der Waals surface area contributed by atoms with E-state index in [1.54, 1.807) is 0 Å². The molecule has 1 aliphatic carbocycles. The molecular weight excluding hydrogens is 324 g/mol. The van der Waals surface area contributed by atoms with Crippen molar-refractivity contribution in [2.24, 2.45) is 5.92 Å². The predicted octanol–water partition coefficient (Wildman–Crippen LogP) is 1.95. The van der Waals surface area contributed by atoms with Crippen LogP contribution >= 0.6 is 0 Å². The van der Waals surface area contributed by atoms with Crippen LogP contribution in [-0.4, -0.2) is 54.5 Å². The summed E-state index contributed by atoms with van der Waals surface area (Å²) in [6, 6.07) is 6.52. The van der Waals surface area contributed by atoms with Crippen LogP contribution in [0.3, 0.4) is 0 Å². The molecule has 5 nitrogen and oxygen atoms in total. The van der Waals surface area contributed by atoms with Crippen molar-refractivity contribution in [2.75, 3.05) is 25.4 Å². The maximum Gasteiger partial charge on any atom is 0.158 e. The predicted molar refractivity (Wildman–Crippen MR) is 92.5 cm³/mol. The average Bonchev–Trinajstić information content (AvgIpc) is 2.69. The maximum atomic E-state index is 12.6. The Bertz CT molecular complexity index is 709. The molecule has 3 fully saturated rings. The Hall–Kier alpha value is -0.980. The number of nitrogens with zero attached hydrogens (tertiary/aromatic N) is 2. The van der Waals surface area contributed by atoms with E-state index in [2.05, 4.69) is 9.88 Å². The van der Waals surface area contributed by atoms with Crippen molar-refractivity contribution in [3.8, 4) is 0 Å². The van der Waals surface area contributed by atoms with Crippen LogP contribution in [0.5, 0.6) is 0 Å². The number of ether oxygens (including phenoxy) is 1. The molecule has 4 rings (SSSR count). The Morgan fingerprint density at radius 1 is 1.29 bits per heavy atom. The number of likely N-dealkylation sites (tertiary alicyclic amines) is 1. The van der Waals surface area contributed by atoms with E-state index in [4.69, 9.17) is 4.74 Å². The molecule has 24 heavy (non-hydrogen) atoms. The molecule has 3 aliphatic rings. The van der Waals surface area contributed by atoms with Gasteiger partial charge in [-0.1, -0.05) is 12.5 Å². The number of hydrogen-bond donors (Lipinski definition) is 0. The number of hydrogen-bond acceptors (Lipinski definition) is 5. The van der Waals surface area contributed by atoms with Crippen LogP contribution in [0.25, 0.3) is 0 Å². The van der Waals surface area contributed by atoms with Gasteiger partial charge in [0.25, 0.3) is 0 Å². The van der Waals surface area contributed by atoms with Crippen LogP contribution in [0.1, 0.15) is 37.1 Å². The van der Waals surface area contributed by atoms with Gasteiger partial charge >= 0.3 is 0 Å². The van der Waals surface area contributed by atoms with E-state index < -0.39 is 14.6 Å². The summed E-state index contributed by atoms with van der Waals surface area (Å²) in [6.07, 6.45) is 4.49. The zero-order chi connectivity index (χ0) is 16.8. The second-order valence-electron chi connectivity index (χ2n) is 7.64. The number of sulfone groups is 1. The van der Waals surface area contributed by atoms with Crippen LogP contribution in [-0.2, 0) is 21.2 Å². The molecule has 0 radical (unpaired) electrons. The molecule has 6 heteroatoms. The molecule has 0 bridgehead atoms. The fourth-order valence-electron chi connectivity index (χ4n) is 4.34. The summed E-state index contributed by atoms with van der Waals surface area (Å²) < 4.78 is 30.6. The highest BCUT2D eigenvalue weighted by Gasteiger charge is 2.62. The first-order valence-electron chi connectivity index (χ1n) is 8.97. The molecule has 1 saturated carbocycles. The van der Waals surface area contributed by atoms with Crippen molar-refractivity contribution < 1.29 is 13.2 Å². The third-order valence-corrected chi connectivity index (χ3v) is 8.75. The number of pyridine rings is 1. The molecule has 2 aliphatic heterocycles. The molecular formula is C18H26N2O3S. The molecule has 1 atom stereocenters. The molecule has 1 aromatic heterocycles. The Morgan fingerprint density at radius 2 is 2.08 bits per heavy atom. The number of aromatic nitrogens is 1. The fraction of sp³-hybridized carbons (Fsp3) is 0.722. The molecule has 2 saturated heterocycles. The van der Waals surface area contributed by atoms with Crippen molar-refractivity contribution >= 4 is 9.84 Å². The molecule has 132 valence electrons. The quantitative estimate of drug-likeness (QED) is 0.812. The van der Waals surface area contributed by atoms with Crippen molar-refractivity contribution in [1.29, 1.82) is 0 Å². The second-order valence-corrected chi connectivity index (χ2v) is 10.1. The lowest BCUT2D eigenvalue weighted by molar-refractivity contribution is -0.0154. The highest BCUT2D eigenvalue weighted by atomic mass is 32.2. The Kier molecular flexibility index (Phi) is 4.17. The summed E-state index contributed by atoms with van der Waals surface area (Å²) >= 11 is 0. The summed E-state index contributed by atoms with van der Waals surface area (Å²) in [6.45, 7) is 4.38. The molecule has 0 unspecified atom stereocenters. The normalized spacial score (nSPS) is 28.6. The summed E-state index contributed by atoms with van der Waals surface area (Å²) in [5.41, 5.74) is 1.89. The standard InChI is InChI=1S/C18H26N2O3S/c1-14-4-2-5-16(19-14)11-23-10-15-8-9-24(21,22)18(15)12-20(13-18)17-6-3-7-17/h2,4-5,15,17H,3,6-13H2,1H3/t15-/m0/s1. The summed E-state index contributed by atoms with van der Waals surface area (Å²) in [5, 5.41) is 0. The van der Waals surface area contributed by atoms with Crippen LogP contribution < -0.4 is 0 Å². The molecule has 1 aromatic rings. The number of rotatable bonds is 5. The van der Waals surface area contributed by atoms with Gasteiger partial charge in [0, 0.05) is 30.7 Å². The monoisotopic (exact) mass is 350 g/mol. The first-order valence-corrected chi connectivity index (χ1v) is 10.6. The molecule has 0 N–H and O–H groups in total. The van der Waals surface area contributed by atoms with E-state index in [1.165, 1.54) is 19.3 Å². The summed E-state index contributed by atoms with van der Waals surface area (Å²) in [7, 11) is -2.99. The SMILES string of the molecule is Cc1cccc(COC[C@@H]2CCS(=O)(=O)C23CN(C2CCC2)C3)n1. The summed E-state index contributed by atoms with van der Waals surface area (Å²) in [5.74, 6) is 0.450. The molecule has 0 amide bonds. The molecule has 1 spiro atoms. The molecule has 3 heterocycles. The van der Waals surface area contributed by atoms with E-state index in [0.29, 0.717) is 25.0 Å². The minimum Gasteiger partial charge on any atom is -0.375 e. The van der Waals surface area contributed by atoms with Crippen molar-refractivity contribution in [2.45, 2.75) is 50.0 Å². The highest BCUT2D eigenvalue weighted by molar-refractivity contribution is 7.93. The maximum absolute atomic E-state index is 12.6. The van der Waals surface area contributed by atoms with E-state index in [0.717, 1.165) is 30.9 Å². The Labute approximate surface area is 144 Å². The van der Waals surface area contributed by atoms with Gasteiger partial charge in [-0.3, -0.25) is 9.88 Å². The zero-order valence-corrected chi connectivity index (χ0v) is 15.1. The first kappa shape index (κ1) is 16.5. The van der Waals surface area contributed by atoms with Gasteiger partial charge < -0.3 is 4.74 Å². The van der Waals surface area contributed by atoms with E-state index in [-0.39, 0.29) is 5.92 Å². The highest BCUT2D eigenvalue weighted by Crippen LogP contribution is 2.47. The Morgan fingerprint density at radius 3 is 2.75 bits per heavy atom. The van der Waals surface area contributed by atoms with Gasteiger partial charge in [-0.2, -0.15) is 0 Å². The van der Waals surface area contributed by atoms with Crippen LogP contribution in [0.4, 0.5) is 0 Å². The lowest BCUT2D eigenvalue weighted by atomic mass is 9.79. The van der Waals surface area contributed by atoms with Gasteiger partial charge in [0.05, 0.1) is 24.7 Å². The number of aryl methyl sites for hydroxylation is 1. The lowest BCUT2D eigenvalue weighted by Gasteiger charge is -2.55. The lowest BCUT2D eigenvalue weighted by Crippen LogP contribution is -2.70. The van der Waals surface area contributed by atoms with Gasteiger partial charge in [0.1, 0.15) is 4.75 Å². The average molecular weight is 350 g/mol.